The Morgan fingerprint density at radius 3 is 2.48 bits per heavy atom. The van der Waals surface area contributed by atoms with Crippen molar-refractivity contribution in [3.05, 3.63) is 47.9 Å². The minimum atomic E-state index is 0.132. The SMILES string of the molecule is CC(=O)N1CCN(c2nc(CCc3ccccc3)nc3c2cnn3C)CC1. The second kappa shape index (κ2) is 7.34. The maximum absolute atomic E-state index is 11.6. The van der Waals surface area contributed by atoms with E-state index < -0.39 is 0 Å². The molecule has 0 saturated carbocycles. The molecule has 3 heterocycles. The van der Waals surface area contributed by atoms with Gasteiger partial charge >= 0.3 is 0 Å². The first kappa shape index (κ1) is 17.5. The second-order valence-corrected chi connectivity index (χ2v) is 6.95. The third-order valence-corrected chi connectivity index (χ3v) is 5.12. The molecule has 1 amide bonds. The smallest absolute Gasteiger partial charge is 0.219 e. The molecular weight excluding hydrogens is 340 g/mol. The van der Waals surface area contributed by atoms with Crippen LogP contribution in [0.5, 0.6) is 0 Å². The van der Waals surface area contributed by atoms with Gasteiger partial charge in [0.25, 0.3) is 0 Å². The van der Waals surface area contributed by atoms with E-state index in [4.69, 9.17) is 9.97 Å². The Morgan fingerprint density at radius 2 is 1.78 bits per heavy atom. The Morgan fingerprint density at radius 1 is 1.04 bits per heavy atom. The largest absolute Gasteiger partial charge is 0.352 e. The third kappa shape index (κ3) is 3.63. The molecule has 0 N–H and O–H groups in total. The molecule has 1 aromatic carbocycles. The fourth-order valence-corrected chi connectivity index (χ4v) is 3.54. The van der Waals surface area contributed by atoms with Gasteiger partial charge in [-0.25, -0.2) is 9.97 Å². The van der Waals surface area contributed by atoms with E-state index in [1.54, 1.807) is 11.6 Å². The van der Waals surface area contributed by atoms with Gasteiger partial charge in [0.15, 0.2) is 5.65 Å². The van der Waals surface area contributed by atoms with E-state index >= 15 is 0 Å². The van der Waals surface area contributed by atoms with E-state index in [9.17, 15) is 4.79 Å². The van der Waals surface area contributed by atoms with Crippen LogP contribution in [0.15, 0.2) is 36.5 Å². The summed E-state index contributed by atoms with van der Waals surface area (Å²) in [6.07, 6.45) is 3.52. The van der Waals surface area contributed by atoms with Crippen molar-refractivity contribution in [3.8, 4) is 0 Å². The van der Waals surface area contributed by atoms with E-state index in [1.807, 2.05) is 24.2 Å². The predicted octanol–water partition coefficient (Wildman–Crippen LogP) is 1.82. The topological polar surface area (TPSA) is 67.2 Å². The summed E-state index contributed by atoms with van der Waals surface area (Å²) in [5.74, 6) is 1.89. The molecule has 7 nitrogen and oxygen atoms in total. The van der Waals surface area contributed by atoms with Gasteiger partial charge in [0, 0.05) is 46.6 Å². The molecule has 1 fully saturated rings. The van der Waals surface area contributed by atoms with Crippen LogP contribution in [0, 0.1) is 0 Å². The third-order valence-electron chi connectivity index (χ3n) is 5.12. The fourth-order valence-electron chi connectivity index (χ4n) is 3.54. The summed E-state index contributed by atoms with van der Waals surface area (Å²) in [7, 11) is 1.91. The Hall–Kier alpha value is -2.96. The van der Waals surface area contributed by atoms with E-state index in [1.165, 1.54) is 5.56 Å². The zero-order valence-corrected chi connectivity index (χ0v) is 15.8. The van der Waals surface area contributed by atoms with Crippen molar-refractivity contribution in [1.29, 1.82) is 0 Å². The summed E-state index contributed by atoms with van der Waals surface area (Å²) in [6.45, 7) is 4.62. The highest BCUT2D eigenvalue weighted by Gasteiger charge is 2.23. The van der Waals surface area contributed by atoms with Gasteiger partial charge in [-0.05, 0) is 12.0 Å². The number of rotatable bonds is 4. The lowest BCUT2D eigenvalue weighted by Gasteiger charge is -2.35. The van der Waals surface area contributed by atoms with Crippen molar-refractivity contribution in [3.63, 3.8) is 0 Å². The molecule has 1 saturated heterocycles. The molecule has 27 heavy (non-hydrogen) atoms. The first-order chi connectivity index (χ1) is 13.1. The van der Waals surface area contributed by atoms with Gasteiger partial charge < -0.3 is 9.80 Å². The number of hydrogen-bond acceptors (Lipinski definition) is 5. The molecule has 4 rings (SSSR count). The summed E-state index contributed by atoms with van der Waals surface area (Å²) in [6, 6.07) is 10.4. The molecule has 1 aliphatic rings. The first-order valence-corrected chi connectivity index (χ1v) is 9.35. The zero-order chi connectivity index (χ0) is 18.8. The van der Waals surface area contributed by atoms with Gasteiger partial charge in [-0.2, -0.15) is 5.10 Å². The van der Waals surface area contributed by atoms with Gasteiger partial charge in [-0.3, -0.25) is 9.48 Å². The van der Waals surface area contributed by atoms with E-state index in [2.05, 4.69) is 34.3 Å². The first-order valence-electron chi connectivity index (χ1n) is 9.35. The maximum Gasteiger partial charge on any atom is 0.219 e. The van der Waals surface area contributed by atoms with Crippen molar-refractivity contribution in [2.24, 2.45) is 7.05 Å². The lowest BCUT2D eigenvalue weighted by Crippen LogP contribution is -2.48. The highest BCUT2D eigenvalue weighted by atomic mass is 16.2. The molecule has 1 aliphatic heterocycles. The number of nitrogens with zero attached hydrogens (tertiary/aromatic N) is 6. The normalized spacial score (nSPS) is 14.7. The standard InChI is InChI=1S/C20H24N6O/c1-15(27)25-10-12-26(13-11-25)20-17-14-21-24(2)19(17)22-18(23-20)9-8-16-6-4-3-5-7-16/h3-7,14H,8-13H2,1-2H3. The fraction of sp³-hybridized carbons (Fsp3) is 0.400. The monoisotopic (exact) mass is 364 g/mol. The summed E-state index contributed by atoms with van der Waals surface area (Å²) < 4.78 is 1.80. The van der Waals surface area contributed by atoms with Gasteiger partial charge in [0.2, 0.25) is 5.91 Å². The van der Waals surface area contributed by atoms with E-state index in [0.717, 1.165) is 61.7 Å². The van der Waals surface area contributed by atoms with Crippen molar-refractivity contribution < 1.29 is 4.79 Å². The van der Waals surface area contributed by atoms with Crippen molar-refractivity contribution >= 4 is 22.8 Å². The molecule has 0 aliphatic carbocycles. The van der Waals surface area contributed by atoms with Crippen LogP contribution < -0.4 is 4.90 Å². The van der Waals surface area contributed by atoms with Gasteiger partial charge in [-0.15, -0.1) is 0 Å². The second-order valence-electron chi connectivity index (χ2n) is 6.95. The number of carbonyl (C=O) groups excluding carboxylic acids is 1. The number of aromatic nitrogens is 4. The number of benzene rings is 1. The van der Waals surface area contributed by atoms with Gasteiger partial charge in [0.1, 0.15) is 11.6 Å². The quantitative estimate of drug-likeness (QED) is 0.706. The van der Waals surface area contributed by atoms with Crippen LogP contribution in [-0.2, 0) is 24.7 Å². The van der Waals surface area contributed by atoms with Crippen LogP contribution in [-0.4, -0.2) is 56.7 Å². The van der Waals surface area contributed by atoms with Crippen molar-refractivity contribution in [2.45, 2.75) is 19.8 Å². The molecule has 0 bridgehead atoms. The average Bonchev–Trinajstić information content (AvgIpc) is 3.07. The Kier molecular flexibility index (Phi) is 4.75. The highest BCUT2D eigenvalue weighted by molar-refractivity contribution is 5.87. The highest BCUT2D eigenvalue weighted by Crippen LogP contribution is 2.25. The van der Waals surface area contributed by atoms with Crippen LogP contribution in [0.3, 0.4) is 0 Å². The van der Waals surface area contributed by atoms with E-state index in [-0.39, 0.29) is 5.91 Å². The minimum Gasteiger partial charge on any atom is -0.352 e. The predicted molar refractivity (Wildman–Crippen MR) is 105 cm³/mol. The molecular formula is C20H24N6O. The molecule has 0 spiro atoms. The van der Waals surface area contributed by atoms with Gasteiger partial charge in [0.05, 0.1) is 11.6 Å². The van der Waals surface area contributed by atoms with Crippen LogP contribution >= 0.6 is 0 Å². The molecule has 0 radical (unpaired) electrons. The van der Waals surface area contributed by atoms with Crippen LogP contribution in [0.25, 0.3) is 11.0 Å². The number of carbonyl (C=O) groups is 1. The lowest BCUT2D eigenvalue weighted by molar-refractivity contribution is -0.129. The summed E-state index contributed by atoms with van der Waals surface area (Å²) >= 11 is 0. The molecule has 7 heteroatoms. The Labute approximate surface area is 158 Å². The zero-order valence-electron chi connectivity index (χ0n) is 15.8. The van der Waals surface area contributed by atoms with Crippen LogP contribution in [0.4, 0.5) is 5.82 Å². The number of aryl methyl sites for hydroxylation is 3. The molecule has 0 atom stereocenters. The molecule has 3 aromatic rings. The van der Waals surface area contributed by atoms with E-state index in [0.29, 0.717) is 0 Å². The average molecular weight is 364 g/mol. The molecule has 140 valence electrons. The summed E-state index contributed by atoms with van der Waals surface area (Å²) in [4.78, 5) is 25.4. The number of piperazine rings is 1. The number of fused-ring (bicyclic) bond motifs is 1. The molecule has 2 aromatic heterocycles. The maximum atomic E-state index is 11.6. The number of hydrogen-bond donors (Lipinski definition) is 0. The van der Waals surface area contributed by atoms with Crippen molar-refractivity contribution in [1.82, 2.24) is 24.6 Å². The molecule has 0 unspecified atom stereocenters. The number of amides is 1. The van der Waals surface area contributed by atoms with Crippen molar-refractivity contribution in [2.75, 3.05) is 31.1 Å². The summed E-state index contributed by atoms with van der Waals surface area (Å²) in [5.41, 5.74) is 2.14. The Balaban J connectivity index is 1.60. The van der Waals surface area contributed by atoms with Crippen LogP contribution in [0.2, 0.25) is 0 Å². The number of anilines is 1. The van der Waals surface area contributed by atoms with Crippen LogP contribution in [0.1, 0.15) is 18.3 Å². The summed E-state index contributed by atoms with van der Waals surface area (Å²) in [5, 5.41) is 5.35. The minimum absolute atomic E-state index is 0.132. The Bertz CT molecular complexity index is 944. The van der Waals surface area contributed by atoms with Gasteiger partial charge in [-0.1, -0.05) is 30.3 Å². The lowest BCUT2D eigenvalue weighted by atomic mass is 10.1.